The molecular formula is C10H19N4+. The summed E-state index contributed by atoms with van der Waals surface area (Å²) in [6.07, 6.45) is 5.33. The van der Waals surface area contributed by atoms with Crippen molar-refractivity contribution in [2.75, 3.05) is 19.6 Å². The number of azo groups is 2. The standard InChI is InChI=1S/C10H19N4/c1-2-12-9(11)14-8-10(7-13-14)5-3-4-6-10/h2-8H2,1H3,(H2,11,12)/q+1. The normalized spacial score (nSPS) is 25.8. The van der Waals surface area contributed by atoms with Crippen molar-refractivity contribution in [2.45, 2.75) is 32.6 Å². The van der Waals surface area contributed by atoms with E-state index in [2.05, 4.69) is 10.1 Å². The Balaban J connectivity index is 2.02. The van der Waals surface area contributed by atoms with Gasteiger partial charge in [0.1, 0.15) is 13.1 Å². The minimum atomic E-state index is 0.438. The van der Waals surface area contributed by atoms with E-state index in [1.807, 2.05) is 11.6 Å². The third-order valence-corrected chi connectivity index (χ3v) is 3.31. The molecule has 0 aromatic rings. The maximum Gasteiger partial charge on any atom is 0.403 e. The van der Waals surface area contributed by atoms with E-state index in [1.165, 1.54) is 25.7 Å². The van der Waals surface area contributed by atoms with Crippen LogP contribution in [-0.4, -0.2) is 30.3 Å². The van der Waals surface area contributed by atoms with Gasteiger partial charge >= 0.3 is 5.96 Å². The highest BCUT2D eigenvalue weighted by molar-refractivity contribution is 5.68. The van der Waals surface area contributed by atoms with Crippen LogP contribution in [0, 0.1) is 5.41 Å². The number of nitrogens with zero attached hydrogens (tertiary/aromatic N) is 3. The summed E-state index contributed by atoms with van der Waals surface area (Å²) in [6.45, 7) is 4.67. The first-order valence-electron chi connectivity index (χ1n) is 5.51. The minimum absolute atomic E-state index is 0.438. The van der Waals surface area contributed by atoms with Gasteiger partial charge in [-0.25, -0.2) is 0 Å². The zero-order chi connectivity index (χ0) is 10.0. The Morgan fingerprint density at radius 2 is 2.21 bits per heavy atom. The number of hydrogen-bond donors (Lipinski definition) is 1. The molecule has 2 rings (SSSR count). The lowest BCUT2D eigenvalue weighted by molar-refractivity contribution is -0.477. The number of nitrogens with two attached hydrogens (primary N) is 1. The lowest BCUT2D eigenvalue weighted by Crippen LogP contribution is -2.32. The molecule has 1 saturated carbocycles. The third kappa shape index (κ3) is 1.65. The van der Waals surface area contributed by atoms with E-state index in [-0.39, 0.29) is 0 Å². The van der Waals surface area contributed by atoms with Crippen molar-refractivity contribution >= 4 is 5.96 Å². The number of aliphatic imine (C=N–C) groups is 1. The summed E-state index contributed by atoms with van der Waals surface area (Å²) >= 11 is 0. The molecule has 14 heavy (non-hydrogen) atoms. The quantitative estimate of drug-likeness (QED) is 0.383. The summed E-state index contributed by atoms with van der Waals surface area (Å²) in [5, 5.41) is 4.47. The van der Waals surface area contributed by atoms with Crippen molar-refractivity contribution in [3.8, 4) is 0 Å². The molecule has 0 atom stereocenters. The first-order valence-corrected chi connectivity index (χ1v) is 5.51. The topological polar surface area (TPSA) is 53.7 Å². The van der Waals surface area contributed by atoms with Crippen LogP contribution in [0.25, 0.3) is 0 Å². The molecule has 0 bridgehead atoms. The van der Waals surface area contributed by atoms with Crippen LogP contribution in [0.1, 0.15) is 32.6 Å². The van der Waals surface area contributed by atoms with E-state index in [1.54, 1.807) is 0 Å². The van der Waals surface area contributed by atoms with Gasteiger partial charge in [0.25, 0.3) is 0 Å². The van der Waals surface area contributed by atoms with E-state index in [9.17, 15) is 0 Å². The largest absolute Gasteiger partial charge is 0.403 e. The van der Waals surface area contributed by atoms with E-state index < -0.39 is 0 Å². The molecule has 4 heteroatoms. The zero-order valence-electron chi connectivity index (χ0n) is 8.87. The monoisotopic (exact) mass is 195 g/mol. The number of hydrogen-bond acceptors (Lipinski definition) is 2. The fraction of sp³-hybridized carbons (Fsp3) is 0.900. The molecule has 0 saturated heterocycles. The maximum atomic E-state index is 5.82. The van der Waals surface area contributed by atoms with E-state index in [0.717, 1.165) is 19.6 Å². The van der Waals surface area contributed by atoms with E-state index in [0.29, 0.717) is 11.4 Å². The second-order valence-corrected chi connectivity index (χ2v) is 4.40. The molecule has 1 aliphatic carbocycles. The predicted octanol–water partition coefficient (Wildman–Crippen LogP) is 1.36. The summed E-state index contributed by atoms with van der Waals surface area (Å²) in [5.41, 5.74) is 6.26. The highest BCUT2D eigenvalue weighted by Crippen LogP contribution is 2.40. The highest BCUT2D eigenvalue weighted by Gasteiger charge is 2.41. The fourth-order valence-corrected chi connectivity index (χ4v) is 2.49. The summed E-state index contributed by atoms with van der Waals surface area (Å²) in [7, 11) is 0. The van der Waals surface area contributed by atoms with Crippen molar-refractivity contribution in [1.82, 2.24) is 0 Å². The number of rotatable bonds is 1. The average Bonchev–Trinajstić information content (AvgIpc) is 2.78. The Morgan fingerprint density at radius 3 is 2.86 bits per heavy atom. The molecule has 1 aliphatic heterocycles. The molecule has 4 nitrogen and oxygen atoms in total. The van der Waals surface area contributed by atoms with Gasteiger partial charge in [0.2, 0.25) is 0 Å². The molecule has 78 valence electrons. The first kappa shape index (κ1) is 9.62. The third-order valence-electron chi connectivity index (χ3n) is 3.31. The summed E-state index contributed by atoms with van der Waals surface area (Å²) in [6, 6.07) is 0. The molecule has 0 unspecified atom stereocenters. The molecule has 1 heterocycles. The predicted molar refractivity (Wildman–Crippen MR) is 55.5 cm³/mol. The van der Waals surface area contributed by atoms with Gasteiger partial charge in [-0.3, -0.25) is 5.73 Å². The van der Waals surface area contributed by atoms with Gasteiger partial charge in [-0.2, -0.15) is 0 Å². The molecule has 2 N–H and O–H groups in total. The van der Waals surface area contributed by atoms with E-state index in [4.69, 9.17) is 5.73 Å². The molecule has 0 aromatic heterocycles. The summed E-state index contributed by atoms with van der Waals surface area (Å²) in [5.74, 6) is 0.594. The van der Waals surface area contributed by atoms with Crippen molar-refractivity contribution in [3.63, 3.8) is 0 Å². The zero-order valence-corrected chi connectivity index (χ0v) is 8.87. The van der Waals surface area contributed by atoms with Crippen LogP contribution in [0.15, 0.2) is 10.1 Å². The Kier molecular flexibility index (Phi) is 2.52. The smallest absolute Gasteiger partial charge is 0.286 e. The van der Waals surface area contributed by atoms with Gasteiger partial charge < -0.3 is 0 Å². The Bertz CT molecular complexity index is 274. The first-order chi connectivity index (χ1) is 6.76. The van der Waals surface area contributed by atoms with Gasteiger partial charge in [-0.1, -0.05) is 12.8 Å². The molecule has 2 aliphatic rings. The van der Waals surface area contributed by atoms with Crippen molar-refractivity contribution in [2.24, 2.45) is 21.3 Å². The second-order valence-electron chi connectivity index (χ2n) is 4.40. The van der Waals surface area contributed by atoms with Crippen LogP contribution in [-0.2, 0) is 0 Å². The lowest BCUT2D eigenvalue weighted by atomic mass is 9.87. The maximum absolute atomic E-state index is 5.82. The van der Waals surface area contributed by atoms with Crippen molar-refractivity contribution in [1.29, 1.82) is 0 Å². The molecule has 0 radical (unpaired) electrons. The molecule has 1 spiro atoms. The molecule has 0 aromatic carbocycles. The van der Waals surface area contributed by atoms with Gasteiger partial charge in [0, 0.05) is 5.41 Å². The van der Waals surface area contributed by atoms with Gasteiger partial charge in [0.15, 0.2) is 0 Å². The molecule has 1 fully saturated rings. The Labute approximate surface area is 84.9 Å². The van der Waals surface area contributed by atoms with Crippen LogP contribution in [0.2, 0.25) is 0 Å². The average molecular weight is 195 g/mol. The number of guanidine groups is 1. The second kappa shape index (κ2) is 3.67. The van der Waals surface area contributed by atoms with Crippen LogP contribution >= 0.6 is 0 Å². The van der Waals surface area contributed by atoms with Crippen LogP contribution in [0.4, 0.5) is 0 Å². The van der Waals surface area contributed by atoms with Gasteiger partial charge in [-0.15, -0.1) is 14.8 Å². The highest BCUT2D eigenvalue weighted by atomic mass is 15.4. The Morgan fingerprint density at radius 1 is 1.50 bits per heavy atom. The fourth-order valence-electron chi connectivity index (χ4n) is 2.49. The minimum Gasteiger partial charge on any atom is -0.286 e. The van der Waals surface area contributed by atoms with Crippen LogP contribution in [0.3, 0.4) is 0 Å². The molecule has 0 amide bonds. The Hall–Kier alpha value is -0.930. The van der Waals surface area contributed by atoms with Gasteiger partial charge in [-0.05, 0) is 19.8 Å². The van der Waals surface area contributed by atoms with E-state index >= 15 is 0 Å². The van der Waals surface area contributed by atoms with Crippen molar-refractivity contribution < 1.29 is 4.70 Å². The lowest BCUT2D eigenvalue weighted by Gasteiger charge is -2.17. The van der Waals surface area contributed by atoms with Crippen molar-refractivity contribution in [3.05, 3.63) is 0 Å². The van der Waals surface area contributed by atoms with Gasteiger partial charge in [0.05, 0.1) is 6.54 Å². The molecular weight excluding hydrogens is 176 g/mol. The van der Waals surface area contributed by atoms with Crippen LogP contribution < -0.4 is 5.73 Å². The SMILES string of the molecule is CCN=C(N)[N+]1=NCC2(CCCC2)C1. The summed E-state index contributed by atoms with van der Waals surface area (Å²) < 4.78 is 1.90. The summed E-state index contributed by atoms with van der Waals surface area (Å²) in [4.78, 5) is 4.19. The van der Waals surface area contributed by atoms with Crippen LogP contribution in [0.5, 0.6) is 0 Å².